The average molecular weight is 287 g/mol. The highest BCUT2D eigenvalue weighted by atomic mass is 35.5. The number of thiazole rings is 1. The minimum atomic E-state index is 0.142. The van der Waals surface area contributed by atoms with Crippen molar-refractivity contribution >= 4 is 34.5 Å². The Labute approximate surface area is 115 Å². The first-order valence-electron chi connectivity index (χ1n) is 5.22. The normalized spacial score (nSPS) is 12.6. The van der Waals surface area contributed by atoms with Crippen LogP contribution in [0.1, 0.15) is 24.2 Å². The van der Waals surface area contributed by atoms with Gasteiger partial charge in [-0.1, -0.05) is 23.2 Å². The second kappa shape index (κ2) is 5.83. The molecule has 17 heavy (non-hydrogen) atoms. The van der Waals surface area contributed by atoms with Crippen molar-refractivity contribution < 1.29 is 0 Å². The molecule has 0 aliphatic carbocycles. The number of rotatable bonds is 4. The Bertz CT molecular complexity index is 485. The molecule has 1 aromatic heterocycles. The molecule has 1 atom stereocenters. The predicted molar refractivity (Wildman–Crippen MR) is 73.8 cm³/mol. The van der Waals surface area contributed by atoms with E-state index in [1.165, 1.54) is 0 Å². The van der Waals surface area contributed by atoms with Gasteiger partial charge in [0.15, 0.2) is 0 Å². The summed E-state index contributed by atoms with van der Waals surface area (Å²) in [5.41, 5.74) is 3.88. The van der Waals surface area contributed by atoms with Gasteiger partial charge in [0.2, 0.25) is 0 Å². The maximum absolute atomic E-state index is 6.14. The van der Waals surface area contributed by atoms with Gasteiger partial charge in [0.25, 0.3) is 0 Å². The molecule has 1 aromatic carbocycles. The van der Waals surface area contributed by atoms with Crippen LogP contribution in [0, 0.1) is 0 Å². The lowest BCUT2D eigenvalue weighted by Gasteiger charge is -2.15. The Morgan fingerprint density at radius 3 is 2.94 bits per heavy atom. The van der Waals surface area contributed by atoms with Gasteiger partial charge in [-0.15, -0.1) is 11.3 Å². The fourth-order valence-electron chi connectivity index (χ4n) is 1.54. The monoisotopic (exact) mass is 286 g/mol. The van der Waals surface area contributed by atoms with E-state index in [1.54, 1.807) is 17.4 Å². The van der Waals surface area contributed by atoms with Crippen LogP contribution in [-0.2, 0) is 6.54 Å². The van der Waals surface area contributed by atoms with Crippen molar-refractivity contribution in [2.45, 2.75) is 19.5 Å². The van der Waals surface area contributed by atoms with Crippen molar-refractivity contribution in [3.8, 4) is 0 Å². The molecule has 0 fully saturated rings. The lowest BCUT2D eigenvalue weighted by atomic mass is 10.1. The summed E-state index contributed by atoms with van der Waals surface area (Å²) < 4.78 is 0. The number of hydrogen-bond acceptors (Lipinski definition) is 3. The molecule has 1 unspecified atom stereocenters. The van der Waals surface area contributed by atoms with E-state index < -0.39 is 0 Å². The molecular weight excluding hydrogens is 275 g/mol. The molecule has 0 saturated heterocycles. The summed E-state index contributed by atoms with van der Waals surface area (Å²) >= 11 is 13.7. The third-order valence-corrected chi connectivity index (χ3v) is 3.71. The standard InChI is InChI=1S/C12H12Cl2N2S/c1-8(15-5-10-6-17-7-16-10)11-4-9(13)2-3-12(11)14/h2-4,6-8,15H,5H2,1H3. The lowest BCUT2D eigenvalue weighted by molar-refractivity contribution is 0.569. The molecule has 0 bridgehead atoms. The molecule has 5 heteroatoms. The van der Waals surface area contributed by atoms with E-state index in [2.05, 4.69) is 17.2 Å². The fourth-order valence-corrected chi connectivity index (χ4v) is 2.56. The van der Waals surface area contributed by atoms with Crippen LogP contribution in [0.2, 0.25) is 10.0 Å². The van der Waals surface area contributed by atoms with Crippen molar-refractivity contribution in [1.29, 1.82) is 0 Å². The smallest absolute Gasteiger partial charge is 0.0795 e. The Hall–Kier alpha value is -0.610. The van der Waals surface area contributed by atoms with Gasteiger partial charge in [-0.25, -0.2) is 4.98 Å². The molecule has 0 aliphatic rings. The number of hydrogen-bond donors (Lipinski definition) is 1. The summed E-state index contributed by atoms with van der Waals surface area (Å²) in [5.74, 6) is 0. The topological polar surface area (TPSA) is 24.9 Å². The van der Waals surface area contributed by atoms with Crippen LogP contribution < -0.4 is 5.32 Å². The van der Waals surface area contributed by atoms with Crippen molar-refractivity contribution in [3.05, 3.63) is 50.4 Å². The minimum absolute atomic E-state index is 0.142. The molecule has 0 aliphatic heterocycles. The molecule has 1 heterocycles. The van der Waals surface area contributed by atoms with E-state index in [-0.39, 0.29) is 6.04 Å². The number of aromatic nitrogens is 1. The first kappa shape index (κ1) is 12.8. The second-order valence-corrected chi connectivity index (χ2v) is 5.31. The largest absolute Gasteiger partial charge is 0.304 e. The number of benzene rings is 1. The van der Waals surface area contributed by atoms with E-state index in [4.69, 9.17) is 23.2 Å². The quantitative estimate of drug-likeness (QED) is 0.906. The van der Waals surface area contributed by atoms with Crippen LogP contribution in [0.5, 0.6) is 0 Å². The molecule has 0 spiro atoms. The summed E-state index contributed by atoms with van der Waals surface area (Å²) in [6.45, 7) is 2.79. The molecule has 2 aromatic rings. The highest BCUT2D eigenvalue weighted by Crippen LogP contribution is 2.26. The van der Waals surface area contributed by atoms with Gasteiger partial charge < -0.3 is 5.32 Å². The van der Waals surface area contributed by atoms with E-state index in [9.17, 15) is 0 Å². The van der Waals surface area contributed by atoms with Crippen molar-refractivity contribution in [1.82, 2.24) is 10.3 Å². The van der Waals surface area contributed by atoms with Gasteiger partial charge in [-0.2, -0.15) is 0 Å². The molecule has 1 N–H and O–H groups in total. The molecule has 90 valence electrons. The Kier molecular flexibility index (Phi) is 4.40. The summed E-state index contributed by atoms with van der Waals surface area (Å²) in [6, 6.07) is 5.64. The summed E-state index contributed by atoms with van der Waals surface area (Å²) in [4.78, 5) is 4.22. The Balaban J connectivity index is 2.04. The molecule has 2 nitrogen and oxygen atoms in total. The molecule has 0 amide bonds. The lowest BCUT2D eigenvalue weighted by Crippen LogP contribution is -2.18. The van der Waals surface area contributed by atoms with Gasteiger partial charge in [-0.05, 0) is 30.7 Å². The number of halogens is 2. The van der Waals surface area contributed by atoms with Gasteiger partial charge in [0.1, 0.15) is 0 Å². The van der Waals surface area contributed by atoms with Gasteiger partial charge in [0.05, 0.1) is 11.2 Å². The summed E-state index contributed by atoms with van der Waals surface area (Å²) in [5, 5.41) is 6.83. The SMILES string of the molecule is CC(NCc1cscn1)c1cc(Cl)ccc1Cl. The second-order valence-electron chi connectivity index (χ2n) is 3.75. The number of nitrogens with one attached hydrogen (secondary N) is 1. The highest BCUT2D eigenvalue weighted by Gasteiger charge is 2.10. The van der Waals surface area contributed by atoms with Crippen molar-refractivity contribution in [2.75, 3.05) is 0 Å². The summed E-state index contributed by atoms with van der Waals surface area (Å²) in [6.07, 6.45) is 0. The molecule has 0 saturated carbocycles. The van der Waals surface area contributed by atoms with E-state index in [0.29, 0.717) is 5.02 Å². The van der Waals surface area contributed by atoms with Crippen LogP contribution in [0.3, 0.4) is 0 Å². The molecule has 0 radical (unpaired) electrons. The van der Waals surface area contributed by atoms with Crippen LogP contribution in [0.25, 0.3) is 0 Å². The van der Waals surface area contributed by atoms with Crippen LogP contribution in [0.4, 0.5) is 0 Å². The first-order chi connectivity index (χ1) is 8.16. The highest BCUT2D eigenvalue weighted by molar-refractivity contribution is 7.07. The van der Waals surface area contributed by atoms with Gasteiger partial charge in [-0.3, -0.25) is 0 Å². The molecular formula is C12H12Cl2N2S. The zero-order chi connectivity index (χ0) is 12.3. The minimum Gasteiger partial charge on any atom is -0.304 e. The van der Waals surface area contributed by atoms with Crippen molar-refractivity contribution in [3.63, 3.8) is 0 Å². The van der Waals surface area contributed by atoms with Gasteiger partial charge >= 0.3 is 0 Å². The molecule has 2 rings (SSSR count). The third kappa shape index (κ3) is 3.42. The summed E-state index contributed by atoms with van der Waals surface area (Å²) in [7, 11) is 0. The first-order valence-corrected chi connectivity index (χ1v) is 6.92. The predicted octanol–water partition coefficient (Wildman–Crippen LogP) is 4.30. The average Bonchev–Trinajstić information content (AvgIpc) is 2.82. The zero-order valence-electron chi connectivity index (χ0n) is 9.28. The van der Waals surface area contributed by atoms with E-state index >= 15 is 0 Å². The zero-order valence-corrected chi connectivity index (χ0v) is 11.6. The third-order valence-electron chi connectivity index (χ3n) is 2.50. The van der Waals surface area contributed by atoms with E-state index in [0.717, 1.165) is 22.8 Å². The van der Waals surface area contributed by atoms with Crippen LogP contribution in [-0.4, -0.2) is 4.98 Å². The Morgan fingerprint density at radius 1 is 1.41 bits per heavy atom. The van der Waals surface area contributed by atoms with E-state index in [1.807, 2.05) is 23.0 Å². The van der Waals surface area contributed by atoms with Crippen molar-refractivity contribution in [2.24, 2.45) is 0 Å². The van der Waals surface area contributed by atoms with Crippen LogP contribution >= 0.6 is 34.5 Å². The maximum atomic E-state index is 6.14. The fraction of sp³-hybridized carbons (Fsp3) is 0.250. The Morgan fingerprint density at radius 2 is 2.24 bits per heavy atom. The van der Waals surface area contributed by atoms with Crippen LogP contribution in [0.15, 0.2) is 29.1 Å². The number of nitrogens with zero attached hydrogens (tertiary/aromatic N) is 1. The van der Waals surface area contributed by atoms with Gasteiger partial charge in [0, 0.05) is 28.0 Å². The maximum Gasteiger partial charge on any atom is 0.0795 e.